The van der Waals surface area contributed by atoms with Crippen LogP contribution in [0.2, 0.25) is 0 Å². The maximum Gasteiger partial charge on any atom is 0.264 e. The van der Waals surface area contributed by atoms with Crippen LogP contribution in [0.25, 0.3) is 10.1 Å². The van der Waals surface area contributed by atoms with Gasteiger partial charge in [0.25, 0.3) is 5.91 Å². The van der Waals surface area contributed by atoms with Gasteiger partial charge in [-0.05, 0) is 31.3 Å². The highest BCUT2D eigenvalue weighted by molar-refractivity contribution is 7.21. The standard InChI is InChI=1S/C20H21FN2O2S/c1-22-11-12-23(2)20(24)19-15(13-25-14-7-4-3-5-8-14)18-16(21)9-6-10-17(18)26-19/h3-10,22H,11-13H2,1-2H3. The summed E-state index contributed by atoms with van der Waals surface area (Å²) in [5.41, 5.74) is 0.605. The van der Waals surface area contributed by atoms with Crippen LogP contribution in [0.15, 0.2) is 48.5 Å². The highest BCUT2D eigenvalue weighted by atomic mass is 32.1. The molecule has 1 aromatic heterocycles. The molecule has 0 aliphatic rings. The SMILES string of the molecule is CNCCN(C)C(=O)c1sc2cccc(F)c2c1COc1ccccc1. The van der Waals surface area contributed by atoms with Crippen LogP contribution in [0.3, 0.4) is 0 Å². The van der Waals surface area contributed by atoms with E-state index in [1.165, 1.54) is 17.4 Å². The van der Waals surface area contributed by atoms with E-state index in [0.29, 0.717) is 34.7 Å². The molecule has 26 heavy (non-hydrogen) atoms. The number of ether oxygens (including phenoxy) is 1. The van der Waals surface area contributed by atoms with Gasteiger partial charge in [-0.2, -0.15) is 0 Å². The van der Waals surface area contributed by atoms with Gasteiger partial charge in [0, 0.05) is 35.8 Å². The average Bonchev–Trinajstić information content (AvgIpc) is 3.04. The lowest BCUT2D eigenvalue weighted by atomic mass is 10.1. The molecule has 3 aromatic rings. The third-order valence-corrected chi connectivity index (χ3v) is 5.31. The van der Waals surface area contributed by atoms with Crippen molar-refractivity contribution in [3.8, 4) is 5.75 Å². The molecule has 0 fully saturated rings. The third-order valence-electron chi connectivity index (χ3n) is 4.13. The Balaban J connectivity index is 1.96. The van der Waals surface area contributed by atoms with Crippen LogP contribution >= 0.6 is 11.3 Å². The van der Waals surface area contributed by atoms with Crippen LogP contribution in [0.4, 0.5) is 4.39 Å². The van der Waals surface area contributed by atoms with Gasteiger partial charge in [0.05, 0.1) is 4.88 Å². The van der Waals surface area contributed by atoms with Crippen molar-refractivity contribution in [1.29, 1.82) is 0 Å². The van der Waals surface area contributed by atoms with Crippen molar-refractivity contribution in [3.05, 3.63) is 64.8 Å². The van der Waals surface area contributed by atoms with E-state index in [1.807, 2.05) is 43.4 Å². The number of thiophene rings is 1. The first-order chi connectivity index (χ1) is 12.6. The van der Waals surface area contributed by atoms with Gasteiger partial charge in [0.1, 0.15) is 18.2 Å². The molecule has 136 valence electrons. The van der Waals surface area contributed by atoms with Gasteiger partial charge in [0.15, 0.2) is 0 Å². The molecular formula is C20H21FN2O2S. The quantitative estimate of drug-likeness (QED) is 0.684. The maximum atomic E-state index is 14.5. The van der Waals surface area contributed by atoms with E-state index in [-0.39, 0.29) is 18.3 Å². The molecule has 0 unspecified atom stereocenters. The predicted octanol–water partition coefficient (Wildman–Crippen LogP) is 3.91. The molecule has 0 saturated carbocycles. The van der Waals surface area contributed by atoms with Gasteiger partial charge < -0.3 is 15.0 Å². The number of rotatable bonds is 7. The molecule has 0 spiro atoms. The molecule has 6 heteroatoms. The topological polar surface area (TPSA) is 41.6 Å². The first-order valence-electron chi connectivity index (χ1n) is 8.39. The minimum absolute atomic E-state index is 0.118. The van der Waals surface area contributed by atoms with Gasteiger partial charge in [-0.3, -0.25) is 4.79 Å². The summed E-state index contributed by atoms with van der Waals surface area (Å²) >= 11 is 1.31. The molecule has 1 N–H and O–H groups in total. The van der Waals surface area contributed by atoms with Gasteiger partial charge in [-0.15, -0.1) is 11.3 Å². The Kier molecular flexibility index (Phi) is 5.85. The molecule has 1 heterocycles. The minimum Gasteiger partial charge on any atom is -0.489 e. The molecule has 0 bridgehead atoms. The Morgan fingerprint density at radius 3 is 2.69 bits per heavy atom. The number of hydrogen-bond donors (Lipinski definition) is 1. The summed E-state index contributed by atoms with van der Waals surface area (Å²) in [6.45, 7) is 1.41. The molecule has 0 aliphatic heterocycles. The zero-order chi connectivity index (χ0) is 18.5. The van der Waals surface area contributed by atoms with Crippen molar-refractivity contribution in [2.45, 2.75) is 6.61 Å². The number of carbonyl (C=O) groups excluding carboxylic acids is 1. The van der Waals surface area contributed by atoms with Crippen molar-refractivity contribution in [2.24, 2.45) is 0 Å². The first kappa shape index (κ1) is 18.4. The Morgan fingerprint density at radius 2 is 1.96 bits per heavy atom. The van der Waals surface area contributed by atoms with E-state index < -0.39 is 0 Å². The second-order valence-electron chi connectivity index (χ2n) is 5.95. The monoisotopic (exact) mass is 372 g/mol. The fourth-order valence-corrected chi connectivity index (χ4v) is 3.92. The Morgan fingerprint density at radius 1 is 1.19 bits per heavy atom. The van der Waals surface area contributed by atoms with Gasteiger partial charge in [0.2, 0.25) is 0 Å². The number of hydrogen-bond acceptors (Lipinski definition) is 4. The molecule has 4 nitrogen and oxygen atoms in total. The smallest absolute Gasteiger partial charge is 0.264 e. The summed E-state index contributed by atoms with van der Waals surface area (Å²) in [4.78, 5) is 15.1. The fraction of sp³-hybridized carbons (Fsp3) is 0.250. The van der Waals surface area contributed by atoms with Gasteiger partial charge >= 0.3 is 0 Å². The Bertz CT molecular complexity index is 895. The zero-order valence-electron chi connectivity index (χ0n) is 14.8. The Hall–Kier alpha value is -2.44. The summed E-state index contributed by atoms with van der Waals surface area (Å²) in [5.74, 6) is 0.236. The lowest BCUT2D eigenvalue weighted by Crippen LogP contribution is -2.32. The summed E-state index contributed by atoms with van der Waals surface area (Å²) in [7, 11) is 3.59. The van der Waals surface area contributed by atoms with E-state index in [9.17, 15) is 9.18 Å². The number of nitrogens with one attached hydrogen (secondary N) is 1. The van der Waals surface area contributed by atoms with Crippen LogP contribution < -0.4 is 10.1 Å². The van der Waals surface area contributed by atoms with E-state index in [0.717, 1.165) is 4.70 Å². The second kappa shape index (κ2) is 8.29. The van der Waals surface area contributed by atoms with Crippen molar-refractivity contribution in [2.75, 3.05) is 27.2 Å². The van der Waals surface area contributed by atoms with E-state index in [4.69, 9.17) is 4.74 Å². The van der Waals surface area contributed by atoms with Crippen LogP contribution in [-0.2, 0) is 6.61 Å². The Labute approximate surface area is 156 Å². The molecule has 0 aliphatic carbocycles. The highest BCUT2D eigenvalue weighted by Crippen LogP contribution is 2.34. The number of carbonyl (C=O) groups is 1. The molecule has 0 atom stereocenters. The largest absolute Gasteiger partial charge is 0.489 e. The number of amides is 1. The first-order valence-corrected chi connectivity index (χ1v) is 9.21. The number of fused-ring (bicyclic) bond motifs is 1. The summed E-state index contributed by atoms with van der Waals surface area (Å²) in [6.07, 6.45) is 0. The molecule has 3 rings (SSSR count). The number of halogens is 1. The normalized spacial score (nSPS) is 10.9. The zero-order valence-corrected chi connectivity index (χ0v) is 15.6. The van der Waals surface area contributed by atoms with Crippen molar-refractivity contribution in [1.82, 2.24) is 10.2 Å². The average molecular weight is 372 g/mol. The highest BCUT2D eigenvalue weighted by Gasteiger charge is 2.23. The summed E-state index contributed by atoms with van der Waals surface area (Å²) in [5, 5.41) is 3.50. The van der Waals surface area contributed by atoms with E-state index in [1.54, 1.807) is 18.0 Å². The molecule has 2 aromatic carbocycles. The lowest BCUT2D eigenvalue weighted by molar-refractivity contribution is 0.0799. The van der Waals surface area contributed by atoms with Gasteiger partial charge in [-0.1, -0.05) is 24.3 Å². The lowest BCUT2D eigenvalue weighted by Gasteiger charge is -2.17. The van der Waals surface area contributed by atoms with Crippen LogP contribution in [0.5, 0.6) is 5.75 Å². The summed E-state index contributed by atoms with van der Waals surface area (Å²) in [6, 6.07) is 14.2. The molecule has 1 amide bonds. The van der Waals surface area contributed by atoms with Crippen molar-refractivity contribution in [3.63, 3.8) is 0 Å². The summed E-state index contributed by atoms with van der Waals surface area (Å²) < 4.78 is 21.0. The fourth-order valence-electron chi connectivity index (χ4n) is 2.70. The molecule has 0 radical (unpaired) electrons. The minimum atomic E-state index is -0.331. The molecular weight excluding hydrogens is 351 g/mol. The number of para-hydroxylation sites is 1. The van der Waals surface area contributed by atoms with Crippen molar-refractivity contribution < 1.29 is 13.9 Å². The predicted molar refractivity (Wildman–Crippen MR) is 103 cm³/mol. The van der Waals surface area contributed by atoms with E-state index in [2.05, 4.69) is 5.32 Å². The van der Waals surface area contributed by atoms with Crippen molar-refractivity contribution >= 4 is 27.3 Å². The van der Waals surface area contributed by atoms with E-state index >= 15 is 0 Å². The number of likely N-dealkylation sites (N-methyl/N-ethyl adjacent to an activating group) is 2. The number of nitrogens with zero attached hydrogens (tertiary/aromatic N) is 1. The van der Waals surface area contributed by atoms with Crippen LogP contribution in [0, 0.1) is 5.82 Å². The number of benzene rings is 2. The second-order valence-corrected chi connectivity index (χ2v) is 7.01. The van der Waals surface area contributed by atoms with Crippen LogP contribution in [-0.4, -0.2) is 38.0 Å². The third kappa shape index (κ3) is 3.86. The van der Waals surface area contributed by atoms with Crippen LogP contribution in [0.1, 0.15) is 15.2 Å². The molecule has 0 saturated heterocycles. The van der Waals surface area contributed by atoms with Gasteiger partial charge in [-0.25, -0.2) is 4.39 Å². The maximum absolute atomic E-state index is 14.5.